The molecule has 0 bridgehead atoms. The van der Waals surface area contributed by atoms with E-state index in [1.165, 1.54) is 22.4 Å². The number of nitrogens with zero attached hydrogens (tertiary/aromatic N) is 3. The molecule has 0 saturated carbocycles. The Morgan fingerprint density at radius 1 is 1.40 bits per heavy atom. The minimum Gasteiger partial charge on any atom is -0.395 e. The quantitative estimate of drug-likeness (QED) is 0.885. The summed E-state index contributed by atoms with van der Waals surface area (Å²) in [6.07, 6.45) is 4.46. The molecule has 0 atom stereocenters. The van der Waals surface area contributed by atoms with Gasteiger partial charge in [0.25, 0.3) is 5.91 Å². The summed E-state index contributed by atoms with van der Waals surface area (Å²) >= 11 is 1.56. The number of rotatable bonds is 2. The lowest BCUT2D eigenvalue weighted by Gasteiger charge is -2.06. The van der Waals surface area contributed by atoms with Crippen LogP contribution in [-0.2, 0) is 19.9 Å². The Morgan fingerprint density at radius 3 is 2.80 bits per heavy atom. The van der Waals surface area contributed by atoms with Gasteiger partial charge < -0.3 is 5.73 Å². The van der Waals surface area contributed by atoms with Crippen LogP contribution in [0.1, 0.15) is 39.6 Å². The fourth-order valence-electron chi connectivity index (χ4n) is 2.51. The molecular formula is C13H17N5OS. The topological polar surface area (TPSA) is 85.8 Å². The third-order valence-electron chi connectivity index (χ3n) is 3.55. The van der Waals surface area contributed by atoms with E-state index in [4.69, 9.17) is 5.73 Å². The Bertz CT molecular complexity index is 649. The molecule has 2 aromatic heterocycles. The number of carbonyl (C=O) groups is 1. The molecule has 7 heteroatoms. The lowest BCUT2D eigenvalue weighted by Crippen LogP contribution is -2.17. The fraction of sp³-hybridized carbons (Fsp3) is 0.462. The van der Waals surface area contributed by atoms with Gasteiger partial charge in [-0.25, -0.2) is 4.98 Å². The highest BCUT2D eigenvalue weighted by Crippen LogP contribution is 2.30. The number of thiazole rings is 1. The van der Waals surface area contributed by atoms with Crippen molar-refractivity contribution in [3.63, 3.8) is 0 Å². The van der Waals surface area contributed by atoms with Gasteiger partial charge >= 0.3 is 0 Å². The van der Waals surface area contributed by atoms with E-state index in [-0.39, 0.29) is 5.91 Å². The van der Waals surface area contributed by atoms with Crippen molar-refractivity contribution in [2.75, 3.05) is 11.1 Å². The predicted molar refractivity (Wildman–Crippen MR) is 79.1 cm³/mol. The van der Waals surface area contributed by atoms with E-state index in [0.717, 1.165) is 18.5 Å². The molecule has 0 aromatic carbocycles. The van der Waals surface area contributed by atoms with Gasteiger partial charge in [0.05, 0.1) is 17.1 Å². The summed E-state index contributed by atoms with van der Waals surface area (Å²) in [6, 6.07) is 0. The average molecular weight is 291 g/mol. The highest BCUT2D eigenvalue weighted by molar-refractivity contribution is 7.15. The summed E-state index contributed by atoms with van der Waals surface area (Å²) in [4.78, 5) is 18.1. The minimum atomic E-state index is -0.253. The van der Waals surface area contributed by atoms with Crippen molar-refractivity contribution in [2.45, 2.75) is 32.6 Å². The Labute approximate surface area is 121 Å². The summed E-state index contributed by atoms with van der Waals surface area (Å²) in [5.74, 6) is -0.253. The predicted octanol–water partition coefficient (Wildman–Crippen LogP) is 1.90. The second kappa shape index (κ2) is 4.90. The Kier molecular flexibility index (Phi) is 3.21. The highest BCUT2D eigenvalue weighted by Gasteiger charge is 2.21. The first-order chi connectivity index (χ1) is 9.56. The lowest BCUT2D eigenvalue weighted by atomic mass is 10.0. The number of nitrogen functional groups attached to an aromatic ring is 1. The maximum absolute atomic E-state index is 12.3. The van der Waals surface area contributed by atoms with Gasteiger partial charge in [0.1, 0.15) is 5.69 Å². The Balaban J connectivity index is 1.84. The van der Waals surface area contributed by atoms with Crippen molar-refractivity contribution in [1.29, 1.82) is 0 Å². The first kappa shape index (κ1) is 13.1. The first-order valence-corrected chi connectivity index (χ1v) is 7.47. The fourth-order valence-corrected chi connectivity index (χ4v) is 3.55. The normalized spacial score (nSPS) is 14.1. The molecule has 1 aliphatic rings. The molecule has 0 spiro atoms. The molecule has 2 heterocycles. The number of hydrogen-bond donors (Lipinski definition) is 2. The number of carbonyl (C=O) groups excluding carboxylic acids is 1. The van der Waals surface area contributed by atoms with Gasteiger partial charge in [-0.15, -0.1) is 11.3 Å². The third kappa shape index (κ3) is 2.18. The standard InChI is InChI=1S/C13H17N5OS/c1-7-10(14)11(18(2)17-7)12(19)16-13-15-8-5-3-4-6-9(8)20-13/h3-6,14H2,1-2H3,(H,15,16,19). The van der Waals surface area contributed by atoms with E-state index in [2.05, 4.69) is 15.4 Å². The second-order valence-corrected chi connectivity index (χ2v) is 6.11. The number of hydrogen-bond acceptors (Lipinski definition) is 5. The number of nitrogens with two attached hydrogens (primary N) is 1. The van der Waals surface area contributed by atoms with Crippen LogP contribution in [-0.4, -0.2) is 20.7 Å². The molecule has 1 aliphatic carbocycles. The minimum absolute atomic E-state index is 0.253. The number of anilines is 2. The number of fused-ring (bicyclic) bond motifs is 1. The first-order valence-electron chi connectivity index (χ1n) is 6.65. The smallest absolute Gasteiger partial charge is 0.277 e. The van der Waals surface area contributed by atoms with E-state index in [0.29, 0.717) is 22.2 Å². The Morgan fingerprint density at radius 2 is 2.15 bits per heavy atom. The molecule has 2 aromatic rings. The van der Waals surface area contributed by atoms with Gasteiger partial charge in [-0.3, -0.25) is 14.8 Å². The SMILES string of the molecule is Cc1nn(C)c(C(=O)Nc2nc3c(s2)CCCC3)c1N. The zero-order valence-electron chi connectivity index (χ0n) is 11.6. The van der Waals surface area contributed by atoms with Crippen LogP contribution in [0.5, 0.6) is 0 Å². The molecule has 0 unspecified atom stereocenters. The van der Waals surface area contributed by atoms with Crippen LogP contribution in [0.4, 0.5) is 10.8 Å². The van der Waals surface area contributed by atoms with E-state index in [9.17, 15) is 4.79 Å². The van der Waals surface area contributed by atoms with E-state index < -0.39 is 0 Å². The van der Waals surface area contributed by atoms with E-state index in [1.807, 2.05) is 0 Å². The summed E-state index contributed by atoms with van der Waals surface area (Å²) in [5, 5.41) is 7.64. The van der Waals surface area contributed by atoms with Gasteiger partial charge in [0, 0.05) is 11.9 Å². The maximum Gasteiger partial charge on any atom is 0.277 e. The molecule has 3 N–H and O–H groups in total. The van der Waals surface area contributed by atoms with Crippen LogP contribution >= 0.6 is 11.3 Å². The average Bonchev–Trinajstić information content (AvgIpc) is 2.90. The summed E-state index contributed by atoms with van der Waals surface area (Å²) in [5.41, 5.74) is 8.49. The monoisotopic (exact) mass is 291 g/mol. The van der Waals surface area contributed by atoms with Gasteiger partial charge in [0.2, 0.25) is 0 Å². The molecule has 0 saturated heterocycles. The largest absolute Gasteiger partial charge is 0.395 e. The van der Waals surface area contributed by atoms with Gasteiger partial charge in [-0.1, -0.05) is 0 Å². The number of amides is 1. The summed E-state index contributed by atoms with van der Waals surface area (Å²) in [6.45, 7) is 1.79. The van der Waals surface area contributed by atoms with Crippen molar-refractivity contribution in [3.05, 3.63) is 22.0 Å². The van der Waals surface area contributed by atoms with Crippen LogP contribution in [0.15, 0.2) is 0 Å². The lowest BCUT2D eigenvalue weighted by molar-refractivity contribution is 0.101. The van der Waals surface area contributed by atoms with Crippen molar-refractivity contribution in [1.82, 2.24) is 14.8 Å². The van der Waals surface area contributed by atoms with Crippen molar-refractivity contribution < 1.29 is 4.79 Å². The van der Waals surface area contributed by atoms with Crippen LogP contribution < -0.4 is 11.1 Å². The zero-order valence-corrected chi connectivity index (χ0v) is 12.4. The molecule has 0 aliphatic heterocycles. The van der Waals surface area contributed by atoms with E-state index in [1.54, 1.807) is 25.3 Å². The van der Waals surface area contributed by atoms with Gasteiger partial charge in [-0.05, 0) is 32.6 Å². The number of aryl methyl sites for hydroxylation is 4. The zero-order chi connectivity index (χ0) is 14.3. The Hall–Kier alpha value is -1.89. The molecular weight excluding hydrogens is 274 g/mol. The van der Waals surface area contributed by atoms with Crippen molar-refractivity contribution >= 4 is 28.1 Å². The van der Waals surface area contributed by atoms with Crippen LogP contribution in [0, 0.1) is 6.92 Å². The molecule has 106 valence electrons. The number of nitrogens with one attached hydrogen (secondary N) is 1. The van der Waals surface area contributed by atoms with E-state index >= 15 is 0 Å². The van der Waals surface area contributed by atoms with Crippen molar-refractivity contribution in [2.24, 2.45) is 7.05 Å². The molecule has 0 fully saturated rings. The maximum atomic E-state index is 12.3. The second-order valence-electron chi connectivity index (χ2n) is 5.02. The summed E-state index contributed by atoms with van der Waals surface area (Å²) < 4.78 is 1.51. The van der Waals surface area contributed by atoms with Crippen LogP contribution in [0.25, 0.3) is 0 Å². The number of aromatic nitrogens is 3. The summed E-state index contributed by atoms with van der Waals surface area (Å²) in [7, 11) is 1.71. The van der Waals surface area contributed by atoms with Crippen LogP contribution in [0.2, 0.25) is 0 Å². The molecule has 3 rings (SSSR count). The van der Waals surface area contributed by atoms with Crippen molar-refractivity contribution in [3.8, 4) is 0 Å². The molecule has 0 radical (unpaired) electrons. The third-order valence-corrected chi connectivity index (χ3v) is 4.62. The van der Waals surface area contributed by atoms with Crippen LogP contribution in [0.3, 0.4) is 0 Å². The molecule has 20 heavy (non-hydrogen) atoms. The van der Waals surface area contributed by atoms with Gasteiger partial charge in [-0.2, -0.15) is 5.10 Å². The van der Waals surface area contributed by atoms with Gasteiger partial charge in [0.15, 0.2) is 5.13 Å². The molecule has 1 amide bonds. The highest BCUT2D eigenvalue weighted by atomic mass is 32.1. The molecule has 6 nitrogen and oxygen atoms in total.